The Morgan fingerprint density at radius 3 is 2.48 bits per heavy atom. The molecule has 11 heteroatoms. The molecule has 0 fully saturated rings. The molecule has 0 aliphatic heterocycles. The summed E-state index contributed by atoms with van der Waals surface area (Å²) < 4.78 is 32.5. The van der Waals surface area contributed by atoms with Crippen LogP contribution in [-0.2, 0) is 14.8 Å². The molecule has 0 aromatic heterocycles. The van der Waals surface area contributed by atoms with Gasteiger partial charge in [0.25, 0.3) is 15.9 Å². The summed E-state index contributed by atoms with van der Waals surface area (Å²) in [6.45, 7) is -0.626. The lowest BCUT2D eigenvalue weighted by atomic mass is 10.2. The molecule has 0 heterocycles. The maximum absolute atomic E-state index is 13.3. The molecule has 3 rings (SSSR count). The van der Waals surface area contributed by atoms with Crippen LogP contribution in [0.3, 0.4) is 0 Å². The van der Waals surface area contributed by atoms with E-state index >= 15 is 0 Å². The van der Waals surface area contributed by atoms with Crippen molar-refractivity contribution in [3.8, 4) is 11.5 Å². The molecule has 1 amide bonds. The maximum Gasteiger partial charge on any atom is 0.264 e. The van der Waals surface area contributed by atoms with E-state index in [0.717, 1.165) is 4.31 Å². The molecule has 0 aliphatic carbocycles. The summed E-state index contributed by atoms with van der Waals surface area (Å²) in [6, 6.07) is 16.8. The van der Waals surface area contributed by atoms with E-state index in [-0.39, 0.29) is 32.1 Å². The second-order valence-electron chi connectivity index (χ2n) is 6.59. The summed E-state index contributed by atoms with van der Waals surface area (Å²) in [6.07, 6.45) is 1.21. The molecule has 0 saturated carbocycles. The van der Waals surface area contributed by atoms with Crippen LogP contribution in [0.4, 0.5) is 5.69 Å². The average molecular weight is 508 g/mol. The van der Waals surface area contributed by atoms with E-state index in [9.17, 15) is 18.3 Å². The first-order chi connectivity index (χ1) is 15.8. The number of hydrazone groups is 1. The van der Waals surface area contributed by atoms with Crippen molar-refractivity contribution in [3.63, 3.8) is 0 Å². The number of halogens is 2. The minimum Gasteiger partial charge on any atom is -0.504 e. The lowest BCUT2D eigenvalue weighted by molar-refractivity contribution is -0.119. The number of benzene rings is 3. The van der Waals surface area contributed by atoms with Crippen LogP contribution >= 0.6 is 23.2 Å². The zero-order valence-corrected chi connectivity index (χ0v) is 19.6. The standard InChI is InChI=1S/C22H19Cl2N3O5S/c1-32-19-12-5-7-15(22(19)29)13-25-26-20(28)14-27(18-11-6-10-17(23)21(18)24)33(30,31)16-8-3-2-4-9-16/h2-13,29H,14H2,1H3,(H,26,28)/b25-13-. The Morgan fingerprint density at radius 2 is 1.79 bits per heavy atom. The van der Waals surface area contributed by atoms with Gasteiger partial charge in [-0.1, -0.05) is 53.5 Å². The highest BCUT2D eigenvalue weighted by molar-refractivity contribution is 7.92. The largest absolute Gasteiger partial charge is 0.504 e. The molecule has 3 aromatic carbocycles. The van der Waals surface area contributed by atoms with E-state index in [2.05, 4.69) is 10.5 Å². The summed E-state index contributed by atoms with van der Waals surface area (Å²) in [5.74, 6) is -0.665. The fourth-order valence-electron chi connectivity index (χ4n) is 2.85. The number of anilines is 1. The number of amides is 1. The summed E-state index contributed by atoms with van der Waals surface area (Å²) >= 11 is 12.3. The van der Waals surface area contributed by atoms with Gasteiger partial charge in [-0.15, -0.1) is 0 Å². The monoisotopic (exact) mass is 507 g/mol. The maximum atomic E-state index is 13.3. The van der Waals surface area contributed by atoms with Gasteiger partial charge in [0.2, 0.25) is 0 Å². The van der Waals surface area contributed by atoms with Crippen LogP contribution in [-0.4, -0.2) is 39.3 Å². The van der Waals surface area contributed by atoms with Gasteiger partial charge < -0.3 is 9.84 Å². The third-order valence-electron chi connectivity index (χ3n) is 4.46. The topological polar surface area (TPSA) is 108 Å². The summed E-state index contributed by atoms with van der Waals surface area (Å²) in [5, 5.41) is 14.0. The van der Waals surface area contributed by atoms with Gasteiger partial charge in [0, 0.05) is 5.56 Å². The fraction of sp³-hybridized carbons (Fsp3) is 0.0909. The molecule has 33 heavy (non-hydrogen) atoms. The third kappa shape index (κ3) is 5.57. The van der Waals surface area contributed by atoms with Crippen LogP contribution in [0, 0.1) is 0 Å². The number of hydrogen-bond acceptors (Lipinski definition) is 6. The quantitative estimate of drug-likeness (QED) is 0.353. The molecular weight excluding hydrogens is 489 g/mol. The smallest absolute Gasteiger partial charge is 0.264 e. The van der Waals surface area contributed by atoms with E-state index < -0.39 is 22.5 Å². The van der Waals surface area contributed by atoms with Crippen molar-refractivity contribution in [1.29, 1.82) is 0 Å². The first-order valence-electron chi connectivity index (χ1n) is 9.45. The van der Waals surface area contributed by atoms with Gasteiger partial charge in [0.15, 0.2) is 11.5 Å². The number of nitrogens with one attached hydrogen (secondary N) is 1. The van der Waals surface area contributed by atoms with Gasteiger partial charge in [-0.25, -0.2) is 13.8 Å². The van der Waals surface area contributed by atoms with Crippen molar-refractivity contribution < 1.29 is 23.1 Å². The number of nitrogens with zero attached hydrogens (tertiary/aromatic N) is 2. The normalized spacial score (nSPS) is 11.4. The van der Waals surface area contributed by atoms with Crippen molar-refractivity contribution in [1.82, 2.24) is 5.43 Å². The van der Waals surface area contributed by atoms with E-state index in [0.29, 0.717) is 5.56 Å². The minimum atomic E-state index is -4.16. The number of para-hydroxylation sites is 1. The molecule has 172 valence electrons. The average Bonchev–Trinajstić information content (AvgIpc) is 2.81. The second kappa shape index (κ2) is 10.6. The lowest BCUT2D eigenvalue weighted by Crippen LogP contribution is -2.39. The zero-order valence-electron chi connectivity index (χ0n) is 17.3. The first-order valence-corrected chi connectivity index (χ1v) is 11.6. The van der Waals surface area contributed by atoms with Gasteiger partial charge in [-0.2, -0.15) is 5.10 Å². The Bertz CT molecular complexity index is 1280. The van der Waals surface area contributed by atoms with Gasteiger partial charge in [-0.3, -0.25) is 9.10 Å². The zero-order chi connectivity index (χ0) is 24.0. The van der Waals surface area contributed by atoms with Crippen LogP contribution in [0.25, 0.3) is 0 Å². The molecule has 3 aromatic rings. The molecule has 0 atom stereocenters. The highest BCUT2D eigenvalue weighted by Gasteiger charge is 2.29. The number of aromatic hydroxyl groups is 1. The number of phenols is 1. The number of methoxy groups -OCH3 is 1. The Balaban J connectivity index is 1.88. The summed E-state index contributed by atoms with van der Waals surface area (Å²) in [5.41, 5.74) is 2.58. The number of ether oxygens (including phenoxy) is 1. The van der Waals surface area contributed by atoms with Crippen LogP contribution < -0.4 is 14.5 Å². The summed E-state index contributed by atoms with van der Waals surface area (Å²) in [4.78, 5) is 12.6. The molecule has 0 aliphatic rings. The molecular formula is C22H19Cl2N3O5S. The van der Waals surface area contributed by atoms with Crippen molar-refractivity contribution in [2.24, 2.45) is 5.10 Å². The Hall–Kier alpha value is -3.27. The van der Waals surface area contributed by atoms with Gasteiger partial charge in [0.1, 0.15) is 6.54 Å². The fourth-order valence-corrected chi connectivity index (χ4v) is 4.75. The number of phenolic OH excluding ortho intramolecular Hbond substituents is 1. The Labute approximate surface area is 201 Å². The van der Waals surface area contributed by atoms with E-state index in [4.69, 9.17) is 27.9 Å². The highest BCUT2D eigenvalue weighted by atomic mass is 35.5. The third-order valence-corrected chi connectivity index (χ3v) is 7.04. The molecule has 8 nitrogen and oxygen atoms in total. The second-order valence-corrected chi connectivity index (χ2v) is 9.24. The van der Waals surface area contributed by atoms with E-state index in [1.807, 2.05) is 0 Å². The van der Waals surface area contributed by atoms with Crippen molar-refractivity contribution in [3.05, 3.63) is 82.3 Å². The molecule has 0 bridgehead atoms. The molecule has 0 unspecified atom stereocenters. The molecule has 0 spiro atoms. The SMILES string of the molecule is COc1cccc(/C=N\NC(=O)CN(c2cccc(Cl)c2Cl)S(=O)(=O)c2ccccc2)c1O. The van der Waals surface area contributed by atoms with Gasteiger partial charge in [0.05, 0.1) is 34.0 Å². The predicted molar refractivity (Wildman–Crippen MR) is 128 cm³/mol. The van der Waals surface area contributed by atoms with Crippen LogP contribution in [0.5, 0.6) is 11.5 Å². The minimum absolute atomic E-state index is 0.0173. The van der Waals surface area contributed by atoms with E-state index in [1.165, 1.54) is 43.7 Å². The number of carbonyl (C=O) groups is 1. The van der Waals surface area contributed by atoms with Gasteiger partial charge in [-0.05, 0) is 36.4 Å². The first kappa shape index (κ1) is 24.4. The van der Waals surface area contributed by atoms with Crippen LogP contribution in [0.1, 0.15) is 5.56 Å². The van der Waals surface area contributed by atoms with Crippen LogP contribution in [0.15, 0.2) is 76.7 Å². The number of rotatable bonds is 8. The van der Waals surface area contributed by atoms with Crippen LogP contribution in [0.2, 0.25) is 10.0 Å². The number of carbonyl (C=O) groups excluding carboxylic acids is 1. The van der Waals surface area contributed by atoms with Crippen molar-refractivity contribution in [2.75, 3.05) is 18.0 Å². The lowest BCUT2D eigenvalue weighted by Gasteiger charge is -2.24. The molecule has 2 N–H and O–H groups in total. The highest BCUT2D eigenvalue weighted by Crippen LogP contribution is 2.35. The Morgan fingerprint density at radius 1 is 1.09 bits per heavy atom. The molecule has 0 saturated heterocycles. The number of sulfonamides is 1. The summed E-state index contributed by atoms with van der Waals surface area (Å²) in [7, 11) is -2.76. The predicted octanol–water partition coefficient (Wildman–Crippen LogP) is 4.05. The van der Waals surface area contributed by atoms with Crippen molar-refractivity contribution >= 4 is 51.0 Å². The molecule has 0 radical (unpaired) electrons. The number of hydrogen-bond donors (Lipinski definition) is 2. The Kier molecular flexibility index (Phi) is 7.80. The van der Waals surface area contributed by atoms with Crippen molar-refractivity contribution in [2.45, 2.75) is 4.90 Å². The van der Waals surface area contributed by atoms with Gasteiger partial charge >= 0.3 is 0 Å². The van der Waals surface area contributed by atoms with E-state index in [1.54, 1.807) is 36.4 Å².